The fourth-order valence-corrected chi connectivity index (χ4v) is 5.40. The number of benzene rings is 2. The first-order valence-corrected chi connectivity index (χ1v) is 13.6. The number of aromatic carboxylic acids is 1. The van der Waals surface area contributed by atoms with Crippen LogP contribution in [0.3, 0.4) is 0 Å². The first-order valence-electron chi connectivity index (χ1n) is 13.2. The van der Waals surface area contributed by atoms with Crippen LogP contribution in [0.15, 0.2) is 66.9 Å². The maximum Gasteiger partial charge on any atom is 0.335 e. The zero-order valence-corrected chi connectivity index (χ0v) is 23.8. The van der Waals surface area contributed by atoms with Crippen molar-refractivity contribution in [3.8, 4) is 11.3 Å². The van der Waals surface area contributed by atoms with Crippen molar-refractivity contribution in [1.82, 2.24) is 15.2 Å². The predicted octanol–water partition coefficient (Wildman–Crippen LogP) is 5.00. The van der Waals surface area contributed by atoms with E-state index in [2.05, 4.69) is 10.3 Å². The van der Waals surface area contributed by atoms with E-state index < -0.39 is 28.9 Å². The molecule has 40 heavy (non-hydrogen) atoms. The number of piperidine rings is 1. The summed E-state index contributed by atoms with van der Waals surface area (Å²) in [7, 11) is 0. The molecule has 2 heterocycles. The van der Waals surface area contributed by atoms with E-state index in [-0.39, 0.29) is 29.5 Å². The third-order valence-electron chi connectivity index (χ3n) is 7.70. The monoisotopic (exact) mass is 563 g/mol. The van der Waals surface area contributed by atoms with Gasteiger partial charge in [0.2, 0.25) is 5.91 Å². The van der Waals surface area contributed by atoms with Gasteiger partial charge >= 0.3 is 5.97 Å². The first-order chi connectivity index (χ1) is 18.8. The number of hydrogen-bond acceptors (Lipinski definition) is 5. The minimum atomic E-state index is -1.17. The Morgan fingerprint density at radius 3 is 2.27 bits per heavy atom. The summed E-state index contributed by atoms with van der Waals surface area (Å²) in [5, 5.41) is 24.7. The highest BCUT2D eigenvalue weighted by atomic mass is 35.5. The number of carbonyl (C=O) groups excluding carboxylic acids is 2. The number of rotatable bonds is 7. The van der Waals surface area contributed by atoms with Crippen molar-refractivity contribution in [2.75, 3.05) is 13.1 Å². The molecule has 3 aromatic rings. The van der Waals surface area contributed by atoms with E-state index in [1.165, 1.54) is 12.1 Å². The molecule has 3 N–H and O–H groups in total. The molecule has 2 unspecified atom stereocenters. The van der Waals surface area contributed by atoms with Crippen molar-refractivity contribution >= 4 is 29.4 Å². The van der Waals surface area contributed by atoms with Crippen LogP contribution in [0.2, 0.25) is 5.02 Å². The van der Waals surface area contributed by atoms with Gasteiger partial charge in [-0.1, -0.05) is 57.5 Å². The number of aliphatic hydroxyl groups is 1. The number of pyridine rings is 1. The molecule has 1 aliphatic rings. The molecular formula is C31H34ClN3O5. The summed E-state index contributed by atoms with van der Waals surface area (Å²) in [6.45, 7) is 8.10. The Morgan fingerprint density at radius 2 is 1.70 bits per heavy atom. The molecule has 0 spiro atoms. The molecule has 0 radical (unpaired) electrons. The third kappa shape index (κ3) is 5.88. The highest BCUT2D eigenvalue weighted by Gasteiger charge is 2.50. The SMILES string of the molecule is CC(C)C(NC(=O)c1cc(C(=O)O)cc(-c2ccccn2)c1)C(=O)N1CCC(O)(c2ccc(Cl)cc2)C(C)(C)C1. The molecule has 1 aliphatic heterocycles. The summed E-state index contributed by atoms with van der Waals surface area (Å²) in [6.07, 6.45) is 1.91. The van der Waals surface area contributed by atoms with Gasteiger partial charge in [0, 0.05) is 40.9 Å². The average Bonchev–Trinajstić information content (AvgIpc) is 2.93. The van der Waals surface area contributed by atoms with Gasteiger partial charge in [-0.2, -0.15) is 0 Å². The van der Waals surface area contributed by atoms with Crippen molar-refractivity contribution in [2.45, 2.75) is 45.8 Å². The number of carboxylic acids is 1. The number of halogens is 1. The van der Waals surface area contributed by atoms with Crippen LogP contribution < -0.4 is 5.32 Å². The minimum Gasteiger partial charge on any atom is -0.478 e. The average molecular weight is 564 g/mol. The smallest absolute Gasteiger partial charge is 0.335 e. The van der Waals surface area contributed by atoms with Crippen LogP contribution in [0, 0.1) is 11.3 Å². The molecule has 2 atom stereocenters. The van der Waals surface area contributed by atoms with Crippen molar-refractivity contribution in [2.24, 2.45) is 11.3 Å². The Hall–Kier alpha value is -3.75. The zero-order chi connectivity index (χ0) is 29.2. The number of carbonyl (C=O) groups is 3. The van der Waals surface area contributed by atoms with E-state index in [4.69, 9.17) is 11.6 Å². The predicted molar refractivity (Wildman–Crippen MR) is 153 cm³/mol. The molecule has 0 bridgehead atoms. The molecule has 1 fully saturated rings. The van der Waals surface area contributed by atoms with E-state index in [0.29, 0.717) is 29.2 Å². The summed E-state index contributed by atoms with van der Waals surface area (Å²) in [5.74, 6) is -2.23. The Kier molecular flexibility index (Phi) is 8.33. The van der Waals surface area contributed by atoms with E-state index in [1.54, 1.807) is 47.5 Å². The lowest BCUT2D eigenvalue weighted by Gasteiger charge is -2.51. The van der Waals surface area contributed by atoms with Gasteiger partial charge in [0.15, 0.2) is 0 Å². The summed E-state index contributed by atoms with van der Waals surface area (Å²) < 4.78 is 0. The summed E-state index contributed by atoms with van der Waals surface area (Å²) in [5.41, 5.74) is -0.0328. The van der Waals surface area contributed by atoms with Crippen LogP contribution in [0.1, 0.15) is 60.4 Å². The van der Waals surface area contributed by atoms with E-state index in [1.807, 2.05) is 39.8 Å². The van der Waals surface area contributed by atoms with E-state index >= 15 is 0 Å². The molecular weight excluding hydrogens is 530 g/mol. The van der Waals surface area contributed by atoms with Gasteiger partial charge in [0.1, 0.15) is 6.04 Å². The molecule has 2 aromatic carbocycles. The molecule has 1 saturated heterocycles. The number of aromatic nitrogens is 1. The number of carboxylic acid groups (broad SMARTS) is 1. The number of nitrogens with zero attached hydrogens (tertiary/aromatic N) is 2. The highest BCUT2D eigenvalue weighted by molar-refractivity contribution is 6.30. The van der Waals surface area contributed by atoms with E-state index in [9.17, 15) is 24.6 Å². The second-order valence-corrected chi connectivity index (χ2v) is 11.7. The second-order valence-electron chi connectivity index (χ2n) is 11.3. The van der Waals surface area contributed by atoms with Crippen LogP contribution in [-0.2, 0) is 10.4 Å². The maximum absolute atomic E-state index is 13.8. The van der Waals surface area contributed by atoms with Gasteiger partial charge in [0.25, 0.3) is 5.91 Å². The van der Waals surface area contributed by atoms with E-state index in [0.717, 1.165) is 5.56 Å². The van der Waals surface area contributed by atoms with Gasteiger partial charge in [0.05, 0.1) is 16.9 Å². The summed E-state index contributed by atoms with van der Waals surface area (Å²) in [4.78, 5) is 44.9. The van der Waals surface area contributed by atoms with Crippen molar-refractivity contribution in [1.29, 1.82) is 0 Å². The lowest BCUT2D eigenvalue weighted by atomic mass is 9.66. The molecule has 1 aromatic heterocycles. The van der Waals surface area contributed by atoms with Crippen LogP contribution in [-0.4, -0.2) is 57.0 Å². The van der Waals surface area contributed by atoms with Crippen molar-refractivity contribution < 1.29 is 24.6 Å². The largest absolute Gasteiger partial charge is 0.478 e. The summed E-state index contributed by atoms with van der Waals surface area (Å²) in [6, 6.07) is 15.8. The van der Waals surface area contributed by atoms with Gasteiger partial charge < -0.3 is 20.4 Å². The zero-order valence-electron chi connectivity index (χ0n) is 23.0. The van der Waals surface area contributed by atoms with Gasteiger partial charge in [-0.15, -0.1) is 0 Å². The molecule has 210 valence electrons. The Morgan fingerprint density at radius 1 is 1.02 bits per heavy atom. The van der Waals surface area contributed by atoms with Gasteiger partial charge in [-0.05, 0) is 60.4 Å². The van der Waals surface area contributed by atoms with Gasteiger partial charge in [-0.3, -0.25) is 14.6 Å². The number of likely N-dealkylation sites (tertiary alicyclic amines) is 1. The molecule has 4 rings (SSSR count). The fraction of sp³-hybridized carbons (Fsp3) is 0.355. The quantitative estimate of drug-likeness (QED) is 0.372. The fourth-order valence-electron chi connectivity index (χ4n) is 5.27. The first kappa shape index (κ1) is 29.2. The van der Waals surface area contributed by atoms with Crippen LogP contribution in [0.4, 0.5) is 0 Å². The summed E-state index contributed by atoms with van der Waals surface area (Å²) >= 11 is 6.04. The Bertz CT molecular complexity index is 1410. The van der Waals surface area contributed by atoms with Gasteiger partial charge in [-0.25, -0.2) is 4.79 Å². The maximum atomic E-state index is 13.8. The lowest BCUT2D eigenvalue weighted by Crippen LogP contribution is -2.60. The topological polar surface area (TPSA) is 120 Å². The van der Waals surface area contributed by atoms with Crippen LogP contribution >= 0.6 is 11.6 Å². The van der Waals surface area contributed by atoms with Crippen LogP contribution in [0.5, 0.6) is 0 Å². The van der Waals surface area contributed by atoms with Crippen molar-refractivity contribution in [3.63, 3.8) is 0 Å². The number of amides is 2. The van der Waals surface area contributed by atoms with Crippen molar-refractivity contribution in [3.05, 3.63) is 88.6 Å². The molecule has 9 heteroatoms. The Balaban J connectivity index is 1.56. The van der Waals surface area contributed by atoms with Crippen LogP contribution in [0.25, 0.3) is 11.3 Å². The lowest BCUT2D eigenvalue weighted by molar-refractivity contribution is -0.155. The second kappa shape index (κ2) is 11.4. The molecule has 0 aliphatic carbocycles. The third-order valence-corrected chi connectivity index (χ3v) is 7.96. The minimum absolute atomic E-state index is 0.0556. The Labute approximate surface area is 239 Å². The normalized spacial score (nSPS) is 19.2. The number of hydrogen-bond donors (Lipinski definition) is 3. The molecule has 2 amide bonds. The molecule has 0 saturated carbocycles. The number of nitrogens with one attached hydrogen (secondary N) is 1. The highest BCUT2D eigenvalue weighted by Crippen LogP contribution is 2.46. The standard InChI is InChI=1S/C31H34ClN3O5/c1-19(2)26(28(37)35-14-12-31(40,30(3,4)18-35)23-8-10-24(32)11-9-23)34-27(36)21-15-20(16-22(17-21)29(38)39)25-7-5-6-13-33-25/h5-11,13,15-17,19,26,40H,12,14,18H2,1-4H3,(H,34,36)(H,38,39). The molecule has 8 nitrogen and oxygen atoms in total.